The molecule has 2 N–H and O–H groups in total. The maximum Gasteiger partial charge on any atom is 0.269 e. The van der Waals surface area contributed by atoms with Crippen molar-refractivity contribution in [3.63, 3.8) is 0 Å². The van der Waals surface area contributed by atoms with E-state index in [1.807, 2.05) is 19.1 Å². The van der Waals surface area contributed by atoms with Crippen LogP contribution in [0.2, 0.25) is 0 Å². The van der Waals surface area contributed by atoms with Gasteiger partial charge in [0.15, 0.2) is 5.11 Å². The zero-order chi connectivity index (χ0) is 18.2. The third kappa shape index (κ3) is 6.07. The Hall–Kier alpha value is -2.61. The van der Waals surface area contributed by atoms with E-state index in [4.69, 9.17) is 12.2 Å². The van der Waals surface area contributed by atoms with Gasteiger partial charge in [-0.05, 0) is 47.0 Å². The minimum atomic E-state index is -0.327. The summed E-state index contributed by atoms with van der Waals surface area (Å²) in [7, 11) is 0. The summed E-state index contributed by atoms with van der Waals surface area (Å²) >= 11 is 5.07. The Morgan fingerprint density at radius 3 is 2.68 bits per heavy atom. The molecule has 2 aromatic rings. The molecule has 1 amide bonds. The normalized spacial score (nSPS) is 11.0. The number of nitrogens with zero attached hydrogens (tertiary/aromatic N) is 4. The molecule has 8 heteroatoms. The van der Waals surface area contributed by atoms with Crippen molar-refractivity contribution in [3.8, 4) is 0 Å². The van der Waals surface area contributed by atoms with E-state index < -0.39 is 0 Å². The Labute approximate surface area is 152 Å². The van der Waals surface area contributed by atoms with Gasteiger partial charge in [0.25, 0.3) is 5.95 Å². The standard InChI is InChI=1S/C17H22N6OS/c1-4-11-23-21-16(20-22-23)19-17(25)18-15(24)10-7-13-5-8-14(9-6-13)12(2)3/h5-10,12H,4,11H2,1-3H3,(H2,18,19,21,24,25)/b10-7+. The van der Waals surface area contributed by atoms with Crippen molar-refractivity contribution in [3.05, 3.63) is 41.5 Å². The first-order valence-electron chi connectivity index (χ1n) is 8.15. The topological polar surface area (TPSA) is 84.7 Å². The van der Waals surface area contributed by atoms with E-state index in [-0.39, 0.29) is 17.0 Å². The SMILES string of the molecule is CCCn1nnc(NC(=S)NC(=O)/C=C/c2ccc(C(C)C)cc2)n1. The number of benzene rings is 1. The summed E-state index contributed by atoms with van der Waals surface area (Å²) in [6, 6.07) is 8.07. The molecular weight excluding hydrogens is 336 g/mol. The van der Waals surface area contributed by atoms with Gasteiger partial charge in [0.2, 0.25) is 5.91 Å². The van der Waals surface area contributed by atoms with Crippen LogP contribution in [0, 0.1) is 0 Å². The highest BCUT2D eigenvalue weighted by Gasteiger charge is 2.06. The second-order valence-corrected chi connectivity index (χ2v) is 6.22. The molecule has 7 nitrogen and oxygen atoms in total. The lowest BCUT2D eigenvalue weighted by atomic mass is 10.0. The lowest BCUT2D eigenvalue weighted by molar-refractivity contribution is -0.115. The molecule has 0 spiro atoms. The molecule has 132 valence electrons. The molecule has 0 saturated carbocycles. The van der Waals surface area contributed by atoms with Crippen LogP contribution in [-0.2, 0) is 11.3 Å². The molecule has 0 unspecified atom stereocenters. The van der Waals surface area contributed by atoms with E-state index in [9.17, 15) is 4.79 Å². The lowest BCUT2D eigenvalue weighted by Crippen LogP contribution is -2.33. The zero-order valence-electron chi connectivity index (χ0n) is 14.6. The third-order valence-corrected chi connectivity index (χ3v) is 3.57. The van der Waals surface area contributed by atoms with Crippen molar-refractivity contribution in [2.24, 2.45) is 0 Å². The van der Waals surface area contributed by atoms with Crippen LogP contribution in [0.15, 0.2) is 30.3 Å². The summed E-state index contributed by atoms with van der Waals surface area (Å²) in [5, 5.41) is 17.2. The fourth-order valence-electron chi connectivity index (χ4n) is 2.04. The van der Waals surface area contributed by atoms with Crippen molar-refractivity contribution >= 4 is 35.3 Å². The quantitative estimate of drug-likeness (QED) is 0.610. The number of carbonyl (C=O) groups excluding carboxylic acids is 1. The monoisotopic (exact) mass is 358 g/mol. The molecule has 25 heavy (non-hydrogen) atoms. The maximum absolute atomic E-state index is 11.9. The minimum absolute atomic E-state index is 0.126. The summed E-state index contributed by atoms with van der Waals surface area (Å²) in [6.45, 7) is 6.97. The van der Waals surface area contributed by atoms with Crippen LogP contribution in [0.5, 0.6) is 0 Å². The van der Waals surface area contributed by atoms with Crippen LogP contribution in [-0.4, -0.2) is 31.2 Å². The molecule has 0 saturated heterocycles. The summed E-state index contributed by atoms with van der Waals surface area (Å²) < 4.78 is 0. The average Bonchev–Trinajstić information content (AvgIpc) is 3.00. The summed E-state index contributed by atoms with van der Waals surface area (Å²) in [5.41, 5.74) is 2.21. The molecule has 1 heterocycles. The molecule has 2 rings (SSSR count). The van der Waals surface area contributed by atoms with E-state index in [0.717, 1.165) is 12.0 Å². The predicted octanol–water partition coefficient (Wildman–Crippen LogP) is 2.73. The molecule has 1 aromatic carbocycles. The summed E-state index contributed by atoms with van der Waals surface area (Å²) in [5.74, 6) is 0.409. The number of nitrogens with one attached hydrogen (secondary N) is 2. The van der Waals surface area contributed by atoms with Gasteiger partial charge in [0.05, 0.1) is 6.54 Å². The first-order valence-corrected chi connectivity index (χ1v) is 8.56. The van der Waals surface area contributed by atoms with Crippen molar-refractivity contribution in [2.75, 3.05) is 5.32 Å². The number of aromatic nitrogens is 4. The number of hydrogen-bond acceptors (Lipinski definition) is 5. The highest BCUT2D eigenvalue weighted by atomic mass is 32.1. The fourth-order valence-corrected chi connectivity index (χ4v) is 2.23. The molecular formula is C17H22N6OS. The highest BCUT2D eigenvalue weighted by molar-refractivity contribution is 7.80. The maximum atomic E-state index is 11.9. The zero-order valence-corrected chi connectivity index (χ0v) is 15.4. The summed E-state index contributed by atoms with van der Waals surface area (Å²) in [4.78, 5) is 13.4. The van der Waals surface area contributed by atoms with Gasteiger partial charge < -0.3 is 0 Å². The van der Waals surface area contributed by atoms with E-state index in [1.54, 1.807) is 6.08 Å². The third-order valence-electron chi connectivity index (χ3n) is 3.37. The first kappa shape index (κ1) is 18.7. The first-order chi connectivity index (χ1) is 12.0. The Bertz CT molecular complexity index is 751. The smallest absolute Gasteiger partial charge is 0.269 e. The number of hydrogen-bond donors (Lipinski definition) is 2. The van der Waals surface area contributed by atoms with Crippen molar-refractivity contribution < 1.29 is 4.79 Å². The predicted molar refractivity (Wildman–Crippen MR) is 102 cm³/mol. The number of anilines is 1. The van der Waals surface area contributed by atoms with E-state index in [0.29, 0.717) is 12.5 Å². The number of rotatable bonds is 6. The number of tetrazole rings is 1. The van der Waals surface area contributed by atoms with Crippen molar-refractivity contribution in [2.45, 2.75) is 39.7 Å². The van der Waals surface area contributed by atoms with Gasteiger partial charge in [0, 0.05) is 6.08 Å². The van der Waals surface area contributed by atoms with Gasteiger partial charge in [-0.1, -0.05) is 50.1 Å². The Morgan fingerprint density at radius 1 is 1.32 bits per heavy atom. The van der Waals surface area contributed by atoms with Crippen LogP contribution in [0.3, 0.4) is 0 Å². The number of aryl methyl sites for hydroxylation is 1. The largest absolute Gasteiger partial charge is 0.299 e. The number of amides is 1. The van der Waals surface area contributed by atoms with Crippen molar-refractivity contribution in [1.82, 2.24) is 25.5 Å². The van der Waals surface area contributed by atoms with Gasteiger partial charge in [-0.2, -0.15) is 4.80 Å². The fraction of sp³-hybridized carbons (Fsp3) is 0.353. The molecule has 0 atom stereocenters. The van der Waals surface area contributed by atoms with Crippen LogP contribution >= 0.6 is 12.2 Å². The highest BCUT2D eigenvalue weighted by Crippen LogP contribution is 2.15. The second kappa shape index (κ2) is 9.03. The molecule has 0 fully saturated rings. The van der Waals surface area contributed by atoms with E-state index in [2.05, 4.69) is 52.0 Å². The lowest BCUT2D eigenvalue weighted by Gasteiger charge is -2.05. The second-order valence-electron chi connectivity index (χ2n) is 5.81. The van der Waals surface area contributed by atoms with Gasteiger partial charge in [-0.15, -0.1) is 5.10 Å². The van der Waals surface area contributed by atoms with Crippen LogP contribution in [0.1, 0.15) is 44.2 Å². The van der Waals surface area contributed by atoms with E-state index >= 15 is 0 Å². The van der Waals surface area contributed by atoms with Crippen molar-refractivity contribution in [1.29, 1.82) is 0 Å². The molecule has 1 aromatic heterocycles. The minimum Gasteiger partial charge on any atom is -0.299 e. The molecule has 0 bridgehead atoms. The van der Waals surface area contributed by atoms with Gasteiger partial charge in [-0.25, -0.2) is 0 Å². The van der Waals surface area contributed by atoms with Gasteiger partial charge in [0.1, 0.15) is 0 Å². The van der Waals surface area contributed by atoms with Gasteiger partial charge >= 0.3 is 0 Å². The number of thiocarbonyl (C=S) groups is 1. The molecule has 0 radical (unpaired) electrons. The Balaban J connectivity index is 1.84. The Morgan fingerprint density at radius 2 is 2.04 bits per heavy atom. The molecule has 0 aliphatic heterocycles. The van der Waals surface area contributed by atoms with Crippen LogP contribution in [0.4, 0.5) is 5.95 Å². The average molecular weight is 358 g/mol. The molecule has 0 aliphatic rings. The van der Waals surface area contributed by atoms with Crippen LogP contribution in [0.25, 0.3) is 6.08 Å². The Kier molecular flexibility index (Phi) is 6.76. The number of carbonyl (C=O) groups is 1. The summed E-state index contributed by atoms with van der Waals surface area (Å²) in [6.07, 6.45) is 4.07. The van der Waals surface area contributed by atoms with Gasteiger partial charge in [-0.3, -0.25) is 15.4 Å². The molecule has 0 aliphatic carbocycles. The van der Waals surface area contributed by atoms with E-state index in [1.165, 1.54) is 16.4 Å². The van der Waals surface area contributed by atoms with Crippen LogP contribution < -0.4 is 10.6 Å².